The van der Waals surface area contributed by atoms with E-state index in [1.807, 2.05) is 0 Å². The van der Waals surface area contributed by atoms with Crippen molar-refractivity contribution in [2.75, 3.05) is 26.2 Å². The van der Waals surface area contributed by atoms with Crippen LogP contribution in [0.15, 0.2) is 12.1 Å². The van der Waals surface area contributed by atoms with E-state index >= 15 is 0 Å². The van der Waals surface area contributed by atoms with Crippen LogP contribution in [0.2, 0.25) is 5.02 Å². The van der Waals surface area contributed by atoms with E-state index in [2.05, 4.69) is 10.2 Å². The summed E-state index contributed by atoms with van der Waals surface area (Å²) in [5, 5.41) is 3.23. The van der Waals surface area contributed by atoms with E-state index in [1.54, 1.807) is 0 Å². The molecule has 1 aliphatic carbocycles. The topological polar surface area (TPSA) is 15.3 Å². The Hall–Kier alpha value is -0.710. The fraction of sp³-hybridized carbons (Fsp3) is 0.571. The molecule has 1 aromatic carbocycles. The Morgan fingerprint density at radius 3 is 2.42 bits per heavy atom. The maximum Gasteiger partial charge on any atom is 0.142 e. The number of rotatable bonds is 3. The number of piperazine rings is 1. The van der Waals surface area contributed by atoms with E-state index in [9.17, 15) is 8.78 Å². The third-order valence-electron chi connectivity index (χ3n) is 3.99. The van der Waals surface area contributed by atoms with Crippen LogP contribution < -0.4 is 5.32 Å². The molecule has 2 aliphatic rings. The summed E-state index contributed by atoms with van der Waals surface area (Å²) >= 11 is 6.03. The van der Waals surface area contributed by atoms with Gasteiger partial charge in [0.05, 0.1) is 5.02 Å². The summed E-state index contributed by atoms with van der Waals surface area (Å²) in [4.78, 5) is 2.23. The third-order valence-corrected chi connectivity index (χ3v) is 4.37. The molecule has 1 atom stereocenters. The minimum absolute atomic E-state index is 0.0459. The summed E-state index contributed by atoms with van der Waals surface area (Å²) in [5.41, 5.74) is 0.353. The molecule has 0 amide bonds. The van der Waals surface area contributed by atoms with Gasteiger partial charge in [0.15, 0.2) is 0 Å². The molecule has 1 saturated carbocycles. The van der Waals surface area contributed by atoms with Crippen LogP contribution in [-0.4, -0.2) is 31.1 Å². The predicted octanol–water partition coefficient (Wildman–Crippen LogP) is 2.97. The lowest BCUT2D eigenvalue weighted by atomic mass is 9.99. The second-order valence-electron chi connectivity index (χ2n) is 5.33. The largest absolute Gasteiger partial charge is 0.314 e. The van der Waals surface area contributed by atoms with Crippen LogP contribution in [-0.2, 0) is 0 Å². The Morgan fingerprint density at radius 2 is 1.79 bits per heavy atom. The van der Waals surface area contributed by atoms with Gasteiger partial charge in [0, 0.05) is 37.8 Å². The zero-order valence-electron chi connectivity index (χ0n) is 10.6. The van der Waals surface area contributed by atoms with Gasteiger partial charge in [0.1, 0.15) is 11.6 Å². The van der Waals surface area contributed by atoms with Gasteiger partial charge in [-0.2, -0.15) is 0 Å². The van der Waals surface area contributed by atoms with Gasteiger partial charge in [-0.05, 0) is 30.9 Å². The van der Waals surface area contributed by atoms with E-state index < -0.39 is 5.82 Å². The Labute approximate surface area is 116 Å². The monoisotopic (exact) mass is 286 g/mol. The third kappa shape index (κ3) is 2.62. The van der Waals surface area contributed by atoms with Crippen molar-refractivity contribution in [2.24, 2.45) is 5.92 Å². The zero-order chi connectivity index (χ0) is 13.4. The van der Waals surface area contributed by atoms with Gasteiger partial charge in [-0.25, -0.2) is 8.78 Å². The van der Waals surface area contributed by atoms with Crippen molar-refractivity contribution in [2.45, 2.75) is 18.9 Å². The van der Waals surface area contributed by atoms with E-state index in [0.29, 0.717) is 11.5 Å². The van der Waals surface area contributed by atoms with Crippen LogP contribution in [0.1, 0.15) is 24.4 Å². The minimum Gasteiger partial charge on any atom is -0.314 e. The van der Waals surface area contributed by atoms with Crippen LogP contribution >= 0.6 is 11.6 Å². The number of nitrogens with zero attached hydrogens (tertiary/aromatic N) is 1. The van der Waals surface area contributed by atoms with Crippen molar-refractivity contribution < 1.29 is 8.78 Å². The molecule has 1 aliphatic heterocycles. The lowest BCUT2D eigenvalue weighted by Crippen LogP contribution is -2.46. The highest BCUT2D eigenvalue weighted by Gasteiger charge is 2.39. The van der Waals surface area contributed by atoms with E-state index in [1.165, 1.54) is 6.07 Å². The Kier molecular flexibility index (Phi) is 3.74. The van der Waals surface area contributed by atoms with E-state index in [4.69, 9.17) is 11.6 Å². The molecule has 5 heteroatoms. The summed E-state index contributed by atoms with van der Waals surface area (Å²) in [6.45, 7) is 3.48. The molecule has 19 heavy (non-hydrogen) atoms. The number of halogens is 3. The molecule has 1 heterocycles. The first-order valence-electron chi connectivity index (χ1n) is 6.76. The quantitative estimate of drug-likeness (QED) is 0.860. The van der Waals surface area contributed by atoms with Crippen LogP contribution in [0.25, 0.3) is 0 Å². The normalized spacial score (nSPS) is 22.5. The van der Waals surface area contributed by atoms with Gasteiger partial charge in [-0.15, -0.1) is 0 Å². The minimum atomic E-state index is -0.529. The number of hydrogen-bond donors (Lipinski definition) is 1. The molecule has 2 fully saturated rings. The fourth-order valence-electron chi connectivity index (χ4n) is 2.90. The van der Waals surface area contributed by atoms with Crippen molar-refractivity contribution in [3.8, 4) is 0 Å². The molecule has 1 N–H and O–H groups in total. The average Bonchev–Trinajstić information content (AvgIpc) is 3.24. The lowest BCUT2D eigenvalue weighted by Gasteiger charge is -2.36. The standard InChI is InChI=1S/C14H17ClF2N2/c15-13-11(17)4-3-10(16)12(13)14(9-1-2-9)19-7-5-18-6-8-19/h3-4,9,14,18H,1-2,5-8H2/t14-/m0/s1. The molecule has 3 rings (SSSR count). The van der Waals surface area contributed by atoms with Gasteiger partial charge in [-0.1, -0.05) is 11.6 Å². The number of nitrogens with one attached hydrogen (secondary N) is 1. The van der Waals surface area contributed by atoms with Crippen molar-refractivity contribution >= 4 is 11.6 Å². The molecular formula is C14H17ClF2N2. The zero-order valence-corrected chi connectivity index (χ0v) is 11.4. The van der Waals surface area contributed by atoms with Gasteiger partial charge < -0.3 is 5.32 Å². The smallest absolute Gasteiger partial charge is 0.142 e. The highest BCUT2D eigenvalue weighted by molar-refractivity contribution is 6.31. The second kappa shape index (κ2) is 5.35. The Bertz CT molecular complexity index is 471. The molecule has 0 aromatic heterocycles. The maximum absolute atomic E-state index is 14.1. The molecule has 1 aromatic rings. The second-order valence-corrected chi connectivity index (χ2v) is 5.70. The van der Waals surface area contributed by atoms with E-state index in [-0.39, 0.29) is 16.9 Å². The molecular weight excluding hydrogens is 270 g/mol. The Balaban J connectivity index is 1.97. The van der Waals surface area contributed by atoms with Crippen molar-refractivity contribution in [3.63, 3.8) is 0 Å². The van der Waals surface area contributed by atoms with Gasteiger partial charge >= 0.3 is 0 Å². The lowest BCUT2D eigenvalue weighted by molar-refractivity contribution is 0.153. The molecule has 104 valence electrons. The highest BCUT2D eigenvalue weighted by atomic mass is 35.5. The highest BCUT2D eigenvalue weighted by Crippen LogP contribution is 2.47. The van der Waals surface area contributed by atoms with Gasteiger partial charge in [0.2, 0.25) is 0 Å². The molecule has 2 nitrogen and oxygen atoms in total. The predicted molar refractivity (Wildman–Crippen MR) is 71.3 cm³/mol. The summed E-state index contributed by atoms with van der Waals surface area (Å²) in [6.07, 6.45) is 2.14. The van der Waals surface area contributed by atoms with Gasteiger partial charge in [-0.3, -0.25) is 4.90 Å². The number of hydrogen-bond acceptors (Lipinski definition) is 2. The summed E-state index contributed by atoms with van der Waals surface area (Å²) < 4.78 is 27.8. The van der Waals surface area contributed by atoms with Crippen LogP contribution in [0.5, 0.6) is 0 Å². The summed E-state index contributed by atoms with van der Waals surface area (Å²) in [6, 6.07) is 2.21. The molecule has 0 radical (unpaired) electrons. The van der Waals surface area contributed by atoms with Crippen molar-refractivity contribution in [1.82, 2.24) is 10.2 Å². The van der Waals surface area contributed by atoms with Crippen LogP contribution in [0.4, 0.5) is 8.78 Å². The SMILES string of the molecule is Fc1ccc(F)c([C@H](C2CC2)N2CCNCC2)c1Cl. The molecule has 0 spiro atoms. The van der Waals surface area contributed by atoms with Gasteiger partial charge in [0.25, 0.3) is 0 Å². The summed E-state index contributed by atoms with van der Waals surface area (Å²) in [7, 11) is 0. The van der Waals surface area contributed by atoms with E-state index in [0.717, 1.165) is 45.1 Å². The van der Waals surface area contributed by atoms with Crippen molar-refractivity contribution in [1.29, 1.82) is 0 Å². The first-order chi connectivity index (χ1) is 9.18. The molecule has 0 bridgehead atoms. The Morgan fingerprint density at radius 1 is 1.16 bits per heavy atom. The maximum atomic E-state index is 14.1. The number of benzene rings is 1. The van der Waals surface area contributed by atoms with Crippen LogP contribution in [0.3, 0.4) is 0 Å². The molecule has 1 saturated heterocycles. The van der Waals surface area contributed by atoms with Crippen molar-refractivity contribution in [3.05, 3.63) is 34.4 Å². The summed E-state index contributed by atoms with van der Waals surface area (Å²) in [5.74, 6) is -0.507. The fourth-order valence-corrected chi connectivity index (χ4v) is 3.17. The van der Waals surface area contributed by atoms with Crippen LogP contribution in [0, 0.1) is 17.6 Å². The first kappa shape index (κ1) is 13.3. The average molecular weight is 287 g/mol. The molecule has 0 unspecified atom stereocenters. The first-order valence-corrected chi connectivity index (χ1v) is 7.14.